The highest BCUT2D eigenvalue weighted by Crippen LogP contribution is 2.38. The maximum atomic E-state index is 6.51. The summed E-state index contributed by atoms with van der Waals surface area (Å²) in [6.07, 6.45) is 4.26. The van der Waals surface area contributed by atoms with Gasteiger partial charge in [0, 0.05) is 17.2 Å². The van der Waals surface area contributed by atoms with Crippen molar-refractivity contribution in [3.8, 4) is 0 Å². The van der Waals surface area contributed by atoms with Crippen molar-refractivity contribution in [2.75, 3.05) is 0 Å². The van der Waals surface area contributed by atoms with Crippen LogP contribution in [-0.4, -0.2) is 19.7 Å². The third kappa shape index (κ3) is 2.48. The van der Waals surface area contributed by atoms with Gasteiger partial charge in [0.1, 0.15) is 6.33 Å². The first-order valence-corrected chi connectivity index (χ1v) is 8.66. The number of rotatable bonds is 4. The molecule has 4 rings (SSSR count). The van der Waals surface area contributed by atoms with Gasteiger partial charge >= 0.3 is 0 Å². The van der Waals surface area contributed by atoms with Crippen LogP contribution in [0.2, 0.25) is 5.02 Å². The Morgan fingerprint density at radius 1 is 1.32 bits per heavy atom. The number of pyridine rings is 1. The monoisotopic (exact) mass is 330 g/mol. The van der Waals surface area contributed by atoms with E-state index in [0.29, 0.717) is 11.8 Å². The summed E-state index contributed by atoms with van der Waals surface area (Å²) in [6.45, 7) is 2.05. The van der Waals surface area contributed by atoms with Crippen LogP contribution < -0.4 is 0 Å². The molecule has 112 valence electrons. The van der Waals surface area contributed by atoms with Gasteiger partial charge in [-0.1, -0.05) is 41.6 Å². The van der Waals surface area contributed by atoms with Gasteiger partial charge in [-0.15, -0.1) is 10.2 Å². The van der Waals surface area contributed by atoms with Crippen molar-refractivity contribution >= 4 is 34.3 Å². The van der Waals surface area contributed by atoms with Crippen LogP contribution in [-0.2, 0) is 5.75 Å². The number of aromatic nitrogens is 4. The van der Waals surface area contributed by atoms with Gasteiger partial charge in [-0.25, -0.2) is 0 Å². The minimum atomic E-state index is 0.583. The van der Waals surface area contributed by atoms with Crippen molar-refractivity contribution in [1.82, 2.24) is 19.7 Å². The Kier molecular flexibility index (Phi) is 3.54. The molecule has 6 heteroatoms. The summed E-state index contributed by atoms with van der Waals surface area (Å²) in [5.74, 6) is 0.704. The Hall–Kier alpha value is -1.59. The molecular formula is C16H15ClN4S. The first kappa shape index (κ1) is 14.0. The van der Waals surface area contributed by atoms with Gasteiger partial charge < -0.3 is 4.57 Å². The molecule has 0 amide bonds. The minimum Gasteiger partial charge on any atom is -0.306 e. The van der Waals surface area contributed by atoms with Gasteiger partial charge in [-0.05, 0) is 31.4 Å². The Bertz CT molecular complexity index is 841. The van der Waals surface area contributed by atoms with E-state index < -0.39 is 0 Å². The van der Waals surface area contributed by atoms with Crippen molar-refractivity contribution in [2.45, 2.75) is 36.7 Å². The summed E-state index contributed by atoms with van der Waals surface area (Å²) < 4.78 is 2.16. The van der Waals surface area contributed by atoms with E-state index in [4.69, 9.17) is 16.6 Å². The van der Waals surface area contributed by atoms with E-state index in [2.05, 4.69) is 20.8 Å². The van der Waals surface area contributed by atoms with Crippen LogP contribution >= 0.6 is 23.4 Å². The molecule has 22 heavy (non-hydrogen) atoms. The highest BCUT2D eigenvalue weighted by molar-refractivity contribution is 7.98. The quantitative estimate of drug-likeness (QED) is 0.664. The number of thioether (sulfide) groups is 1. The lowest BCUT2D eigenvalue weighted by atomic mass is 10.1. The van der Waals surface area contributed by atoms with E-state index in [9.17, 15) is 0 Å². The first-order valence-electron chi connectivity index (χ1n) is 7.30. The Labute approximate surface area is 137 Å². The molecule has 2 aromatic heterocycles. The maximum Gasteiger partial charge on any atom is 0.191 e. The molecule has 0 bridgehead atoms. The molecule has 0 saturated heterocycles. The zero-order valence-corrected chi connectivity index (χ0v) is 13.7. The van der Waals surface area contributed by atoms with Crippen LogP contribution in [0.3, 0.4) is 0 Å². The molecule has 0 radical (unpaired) electrons. The molecule has 0 aliphatic heterocycles. The van der Waals surface area contributed by atoms with Crippen LogP contribution in [0.15, 0.2) is 35.7 Å². The topological polar surface area (TPSA) is 43.6 Å². The summed E-state index contributed by atoms with van der Waals surface area (Å²) in [7, 11) is 0. The van der Waals surface area contributed by atoms with E-state index in [1.807, 2.05) is 31.5 Å². The third-order valence-corrected chi connectivity index (χ3v) is 5.43. The van der Waals surface area contributed by atoms with Gasteiger partial charge in [-0.3, -0.25) is 4.98 Å². The fourth-order valence-electron chi connectivity index (χ4n) is 2.58. The predicted molar refractivity (Wildman–Crippen MR) is 89.3 cm³/mol. The third-order valence-electron chi connectivity index (χ3n) is 3.96. The number of aryl methyl sites for hydroxylation is 1. The number of hydrogen-bond acceptors (Lipinski definition) is 4. The van der Waals surface area contributed by atoms with Gasteiger partial charge in [0.15, 0.2) is 5.16 Å². The van der Waals surface area contributed by atoms with Gasteiger partial charge in [0.25, 0.3) is 0 Å². The number of benzene rings is 1. The van der Waals surface area contributed by atoms with E-state index in [1.54, 1.807) is 11.8 Å². The lowest BCUT2D eigenvalue weighted by Gasteiger charge is -2.10. The SMILES string of the molecule is Cc1c(Cl)c(CSc2nncn2C2CC2)nc2ccccc12. The minimum absolute atomic E-state index is 0.583. The summed E-state index contributed by atoms with van der Waals surface area (Å²) >= 11 is 8.16. The van der Waals surface area contributed by atoms with Crippen molar-refractivity contribution in [3.63, 3.8) is 0 Å². The fraction of sp³-hybridized carbons (Fsp3) is 0.312. The van der Waals surface area contributed by atoms with Crippen molar-refractivity contribution in [3.05, 3.63) is 46.9 Å². The van der Waals surface area contributed by atoms with Crippen LogP contribution in [0.25, 0.3) is 10.9 Å². The molecule has 1 aliphatic rings. The van der Waals surface area contributed by atoms with E-state index in [-0.39, 0.29) is 0 Å². The van der Waals surface area contributed by atoms with Crippen molar-refractivity contribution in [1.29, 1.82) is 0 Å². The maximum absolute atomic E-state index is 6.51. The molecule has 1 aromatic carbocycles. The number of halogens is 1. The second-order valence-electron chi connectivity index (χ2n) is 5.56. The zero-order chi connectivity index (χ0) is 15.1. The summed E-state index contributed by atoms with van der Waals surface area (Å²) in [5.41, 5.74) is 2.99. The average Bonchev–Trinajstić information content (AvgIpc) is 3.28. The second-order valence-corrected chi connectivity index (χ2v) is 6.88. The highest BCUT2D eigenvalue weighted by Gasteiger charge is 2.26. The normalized spacial score (nSPS) is 14.6. The van der Waals surface area contributed by atoms with Gasteiger partial charge in [0.2, 0.25) is 0 Å². The summed E-state index contributed by atoms with van der Waals surface area (Å²) in [4.78, 5) is 4.71. The lowest BCUT2D eigenvalue weighted by molar-refractivity contribution is 0.663. The fourth-order valence-corrected chi connectivity index (χ4v) is 3.80. The average molecular weight is 331 g/mol. The Morgan fingerprint density at radius 3 is 2.95 bits per heavy atom. The van der Waals surface area contributed by atoms with Crippen molar-refractivity contribution in [2.24, 2.45) is 0 Å². The van der Waals surface area contributed by atoms with Crippen LogP contribution in [0.4, 0.5) is 0 Å². The van der Waals surface area contributed by atoms with Crippen LogP contribution in [0.5, 0.6) is 0 Å². The summed E-state index contributed by atoms with van der Waals surface area (Å²) in [5, 5.41) is 11.1. The molecule has 0 unspecified atom stereocenters. The standard InChI is InChI=1S/C16H15ClN4S/c1-10-12-4-2-3-5-13(12)19-14(15(10)17)8-22-16-20-18-9-21(16)11-6-7-11/h2-5,9,11H,6-8H2,1H3. The number of nitrogens with zero attached hydrogens (tertiary/aromatic N) is 4. The Morgan fingerprint density at radius 2 is 2.14 bits per heavy atom. The molecule has 1 saturated carbocycles. The Balaban J connectivity index is 1.63. The number of fused-ring (bicyclic) bond motifs is 1. The summed E-state index contributed by atoms with van der Waals surface area (Å²) in [6, 6.07) is 8.69. The lowest BCUT2D eigenvalue weighted by Crippen LogP contribution is -1.97. The van der Waals surface area contributed by atoms with E-state index in [0.717, 1.165) is 32.3 Å². The number of para-hydroxylation sites is 1. The molecular weight excluding hydrogens is 316 g/mol. The highest BCUT2D eigenvalue weighted by atomic mass is 35.5. The molecule has 0 atom stereocenters. The predicted octanol–water partition coefficient (Wildman–Crippen LogP) is 4.42. The number of hydrogen-bond donors (Lipinski definition) is 0. The smallest absolute Gasteiger partial charge is 0.191 e. The molecule has 0 N–H and O–H groups in total. The molecule has 2 heterocycles. The molecule has 0 spiro atoms. The first-order chi connectivity index (χ1) is 10.7. The van der Waals surface area contributed by atoms with Gasteiger partial charge in [0.05, 0.1) is 16.2 Å². The van der Waals surface area contributed by atoms with E-state index in [1.165, 1.54) is 12.8 Å². The van der Waals surface area contributed by atoms with Crippen molar-refractivity contribution < 1.29 is 0 Å². The second kappa shape index (κ2) is 5.56. The molecule has 4 nitrogen and oxygen atoms in total. The van der Waals surface area contributed by atoms with E-state index >= 15 is 0 Å². The molecule has 1 fully saturated rings. The zero-order valence-electron chi connectivity index (χ0n) is 12.2. The largest absolute Gasteiger partial charge is 0.306 e. The van der Waals surface area contributed by atoms with Crippen LogP contribution in [0.1, 0.15) is 30.1 Å². The van der Waals surface area contributed by atoms with Crippen LogP contribution in [0, 0.1) is 6.92 Å². The van der Waals surface area contributed by atoms with Gasteiger partial charge in [-0.2, -0.15) is 0 Å². The molecule has 3 aromatic rings. The molecule has 1 aliphatic carbocycles.